The summed E-state index contributed by atoms with van der Waals surface area (Å²) in [7, 11) is -3.68. The van der Waals surface area contributed by atoms with Crippen molar-refractivity contribution in [1.82, 2.24) is 14.5 Å². The van der Waals surface area contributed by atoms with E-state index in [1.54, 1.807) is 0 Å². The van der Waals surface area contributed by atoms with Gasteiger partial charge >= 0.3 is 6.01 Å². The lowest BCUT2D eigenvalue weighted by Gasteiger charge is -2.28. The van der Waals surface area contributed by atoms with Crippen LogP contribution in [0.5, 0.6) is 0 Å². The van der Waals surface area contributed by atoms with Crippen molar-refractivity contribution < 1.29 is 17.6 Å². The predicted octanol–water partition coefficient (Wildman–Crippen LogP) is 4.35. The largest absolute Gasteiger partial charge is 0.403 e. The van der Waals surface area contributed by atoms with Crippen LogP contribution < -0.4 is 5.32 Å². The van der Waals surface area contributed by atoms with E-state index in [1.807, 2.05) is 56.3 Å². The first-order chi connectivity index (χ1) is 16.8. The summed E-state index contributed by atoms with van der Waals surface area (Å²) in [6.45, 7) is 4.66. The number of sulfonamides is 1. The van der Waals surface area contributed by atoms with E-state index in [4.69, 9.17) is 4.42 Å². The lowest BCUT2D eigenvalue weighted by atomic mass is 10.0. The van der Waals surface area contributed by atoms with Crippen LogP contribution in [-0.4, -0.2) is 35.4 Å². The Kier molecular flexibility index (Phi) is 5.96. The fourth-order valence-corrected chi connectivity index (χ4v) is 5.54. The van der Waals surface area contributed by atoms with E-state index in [0.717, 1.165) is 22.3 Å². The van der Waals surface area contributed by atoms with Crippen LogP contribution in [0, 0.1) is 13.8 Å². The molecule has 2 heterocycles. The molecule has 9 heteroatoms. The molecular formula is C26H24N4O4S. The van der Waals surface area contributed by atoms with Crippen LogP contribution >= 0.6 is 0 Å². The molecule has 0 unspecified atom stereocenters. The van der Waals surface area contributed by atoms with Gasteiger partial charge in [0.25, 0.3) is 5.91 Å². The van der Waals surface area contributed by atoms with Crippen molar-refractivity contribution in [2.45, 2.75) is 31.7 Å². The third kappa shape index (κ3) is 4.60. The Morgan fingerprint density at radius 3 is 2.49 bits per heavy atom. The van der Waals surface area contributed by atoms with Gasteiger partial charge in [-0.2, -0.15) is 4.31 Å². The number of hydrogen-bond donors (Lipinski definition) is 1. The quantitative estimate of drug-likeness (QED) is 0.448. The lowest BCUT2D eigenvalue weighted by molar-refractivity contribution is 0.102. The molecule has 4 aromatic rings. The number of hydrogen-bond acceptors (Lipinski definition) is 6. The van der Waals surface area contributed by atoms with Gasteiger partial charge in [-0.05, 0) is 67.3 Å². The van der Waals surface area contributed by atoms with Gasteiger partial charge in [-0.1, -0.05) is 47.1 Å². The van der Waals surface area contributed by atoms with Crippen molar-refractivity contribution in [1.29, 1.82) is 0 Å². The van der Waals surface area contributed by atoms with Gasteiger partial charge in [-0.15, -0.1) is 5.10 Å². The SMILES string of the molecule is Cc1ccc(C)c(-c2nnc(NC(=O)c3ccc(S(=O)(=O)N4CCc5ccccc5C4)cc3)o2)c1. The topological polar surface area (TPSA) is 105 Å². The molecule has 1 aliphatic heterocycles. The molecule has 1 N–H and O–H groups in total. The number of rotatable bonds is 5. The van der Waals surface area contributed by atoms with Gasteiger partial charge in [0.15, 0.2) is 0 Å². The summed E-state index contributed by atoms with van der Waals surface area (Å²) in [4.78, 5) is 12.8. The Hall–Kier alpha value is -3.82. The summed E-state index contributed by atoms with van der Waals surface area (Å²) in [5, 5.41) is 10.5. The summed E-state index contributed by atoms with van der Waals surface area (Å²) < 4.78 is 33.4. The van der Waals surface area contributed by atoms with Gasteiger partial charge in [0.1, 0.15) is 0 Å². The first kappa shape index (κ1) is 22.9. The van der Waals surface area contributed by atoms with E-state index in [1.165, 1.54) is 34.1 Å². The molecule has 0 aliphatic carbocycles. The molecule has 178 valence electrons. The lowest BCUT2D eigenvalue weighted by Crippen LogP contribution is -2.35. The van der Waals surface area contributed by atoms with E-state index < -0.39 is 15.9 Å². The zero-order chi connectivity index (χ0) is 24.6. The minimum atomic E-state index is -3.68. The second-order valence-electron chi connectivity index (χ2n) is 8.57. The van der Waals surface area contributed by atoms with E-state index in [2.05, 4.69) is 15.5 Å². The normalized spacial score (nSPS) is 13.9. The molecule has 1 amide bonds. The van der Waals surface area contributed by atoms with Crippen molar-refractivity contribution in [3.8, 4) is 11.5 Å². The molecule has 35 heavy (non-hydrogen) atoms. The molecular weight excluding hydrogens is 464 g/mol. The van der Waals surface area contributed by atoms with Crippen LogP contribution in [0.4, 0.5) is 6.01 Å². The van der Waals surface area contributed by atoms with E-state index in [0.29, 0.717) is 25.4 Å². The number of nitrogens with one attached hydrogen (secondary N) is 1. The molecule has 1 aromatic heterocycles. The number of fused-ring (bicyclic) bond motifs is 1. The average molecular weight is 489 g/mol. The molecule has 0 bridgehead atoms. The van der Waals surface area contributed by atoms with Crippen LogP contribution in [0.3, 0.4) is 0 Å². The smallest absolute Gasteiger partial charge is 0.322 e. The zero-order valence-corrected chi connectivity index (χ0v) is 20.2. The van der Waals surface area contributed by atoms with Crippen LogP contribution in [0.15, 0.2) is 76.0 Å². The highest BCUT2D eigenvalue weighted by Crippen LogP contribution is 2.26. The molecule has 1 aliphatic rings. The van der Waals surface area contributed by atoms with Gasteiger partial charge in [-0.25, -0.2) is 8.42 Å². The first-order valence-electron chi connectivity index (χ1n) is 11.2. The van der Waals surface area contributed by atoms with E-state index in [9.17, 15) is 13.2 Å². The summed E-state index contributed by atoms with van der Waals surface area (Å²) in [6.07, 6.45) is 0.671. The molecule has 3 aromatic carbocycles. The number of benzene rings is 3. The van der Waals surface area contributed by atoms with Crippen molar-refractivity contribution in [3.63, 3.8) is 0 Å². The first-order valence-corrected chi connectivity index (χ1v) is 12.6. The van der Waals surface area contributed by atoms with Gasteiger partial charge < -0.3 is 4.42 Å². The van der Waals surface area contributed by atoms with Gasteiger partial charge in [0.2, 0.25) is 15.9 Å². The summed E-state index contributed by atoms with van der Waals surface area (Å²) >= 11 is 0. The number of anilines is 1. The Balaban J connectivity index is 1.29. The second kappa shape index (κ2) is 9.09. The number of amides is 1. The monoisotopic (exact) mass is 488 g/mol. The third-order valence-corrected chi connectivity index (χ3v) is 7.98. The van der Waals surface area contributed by atoms with Crippen LogP contribution in [0.2, 0.25) is 0 Å². The summed E-state index contributed by atoms with van der Waals surface area (Å²) in [5.41, 5.74) is 5.29. The van der Waals surface area contributed by atoms with Crippen LogP contribution in [-0.2, 0) is 23.0 Å². The predicted molar refractivity (Wildman–Crippen MR) is 131 cm³/mol. The van der Waals surface area contributed by atoms with E-state index in [-0.39, 0.29) is 16.5 Å². The minimum absolute atomic E-state index is 0.0328. The van der Waals surface area contributed by atoms with E-state index >= 15 is 0 Å². The Morgan fingerprint density at radius 1 is 0.971 bits per heavy atom. The molecule has 0 radical (unpaired) electrons. The summed E-state index contributed by atoms with van der Waals surface area (Å²) in [6, 6.07) is 19.6. The fourth-order valence-electron chi connectivity index (χ4n) is 4.12. The molecule has 5 rings (SSSR count). The highest BCUT2D eigenvalue weighted by molar-refractivity contribution is 7.89. The Labute approximate surface area is 203 Å². The fraction of sp³-hybridized carbons (Fsp3) is 0.192. The van der Waals surface area contributed by atoms with Crippen molar-refractivity contribution in [2.24, 2.45) is 0 Å². The van der Waals surface area contributed by atoms with Crippen molar-refractivity contribution in [2.75, 3.05) is 11.9 Å². The summed E-state index contributed by atoms with van der Waals surface area (Å²) in [5.74, 6) is -0.164. The highest BCUT2D eigenvalue weighted by atomic mass is 32.2. The molecule has 0 saturated carbocycles. The number of carbonyl (C=O) groups excluding carboxylic acids is 1. The van der Waals surface area contributed by atoms with Crippen LogP contribution in [0.1, 0.15) is 32.6 Å². The van der Waals surface area contributed by atoms with Gasteiger partial charge in [-0.3, -0.25) is 10.1 Å². The van der Waals surface area contributed by atoms with Crippen molar-refractivity contribution >= 4 is 21.9 Å². The minimum Gasteiger partial charge on any atom is -0.403 e. The molecule has 0 saturated heterocycles. The third-order valence-electron chi connectivity index (χ3n) is 6.12. The molecule has 0 spiro atoms. The Morgan fingerprint density at radius 2 is 1.71 bits per heavy atom. The van der Waals surface area contributed by atoms with Crippen molar-refractivity contribution in [3.05, 3.63) is 94.5 Å². The maximum absolute atomic E-state index is 13.2. The molecule has 0 atom stereocenters. The standard InChI is InChI=1S/C26H24N4O4S/c1-17-7-8-18(2)23(15-17)25-28-29-26(34-25)27-24(31)20-9-11-22(12-10-20)35(32,33)30-14-13-19-5-3-4-6-21(19)16-30/h3-12,15H,13-14,16H2,1-2H3,(H,27,29,31). The molecule has 0 fully saturated rings. The highest BCUT2D eigenvalue weighted by Gasteiger charge is 2.28. The van der Waals surface area contributed by atoms with Gasteiger partial charge in [0.05, 0.1) is 4.90 Å². The number of nitrogens with zero attached hydrogens (tertiary/aromatic N) is 3. The maximum atomic E-state index is 13.2. The zero-order valence-electron chi connectivity index (χ0n) is 19.4. The molecule has 8 nitrogen and oxygen atoms in total. The number of aromatic nitrogens is 2. The maximum Gasteiger partial charge on any atom is 0.322 e. The number of carbonyl (C=O) groups is 1. The van der Waals surface area contributed by atoms with Gasteiger partial charge in [0, 0.05) is 24.2 Å². The van der Waals surface area contributed by atoms with Crippen LogP contribution in [0.25, 0.3) is 11.5 Å². The Bertz CT molecular complexity index is 1510. The second-order valence-corrected chi connectivity index (χ2v) is 10.5. The number of aryl methyl sites for hydroxylation is 2. The average Bonchev–Trinajstić information content (AvgIpc) is 3.33.